The lowest BCUT2D eigenvalue weighted by Gasteiger charge is -2.35. The number of rotatable bonds is 5. The van der Waals surface area contributed by atoms with Crippen LogP contribution in [0.4, 0.5) is 11.4 Å². The van der Waals surface area contributed by atoms with Crippen molar-refractivity contribution in [2.24, 2.45) is 5.92 Å². The van der Waals surface area contributed by atoms with E-state index in [9.17, 15) is 10.1 Å². The molecule has 1 aromatic carbocycles. The van der Waals surface area contributed by atoms with Gasteiger partial charge in [-0.25, -0.2) is 0 Å². The maximum absolute atomic E-state index is 11.1. The van der Waals surface area contributed by atoms with Crippen LogP contribution in [-0.2, 0) is 0 Å². The summed E-state index contributed by atoms with van der Waals surface area (Å²) in [5, 5.41) is 14.5. The maximum atomic E-state index is 11.1. The highest BCUT2D eigenvalue weighted by Crippen LogP contribution is 2.28. The fourth-order valence-electron chi connectivity index (χ4n) is 3.07. The first-order valence-electron chi connectivity index (χ1n) is 7.75. The topological polar surface area (TPSA) is 58.4 Å². The van der Waals surface area contributed by atoms with E-state index < -0.39 is 0 Å². The van der Waals surface area contributed by atoms with Gasteiger partial charge >= 0.3 is 0 Å². The number of nitrogens with one attached hydrogen (secondary N) is 1. The summed E-state index contributed by atoms with van der Waals surface area (Å²) < 4.78 is 0. The first-order chi connectivity index (χ1) is 10.0. The van der Waals surface area contributed by atoms with Gasteiger partial charge in [-0.3, -0.25) is 10.1 Å². The lowest BCUT2D eigenvalue weighted by molar-refractivity contribution is -0.384. The second kappa shape index (κ2) is 6.89. The molecule has 5 nitrogen and oxygen atoms in total. The SMILES string of the molecule is CCN1CCCC(C(C)Nc2cc(C)ccc2[N+](=O)[O-])C1. The van der Waals surface area contributed by atoms with E-state index >= 15 is 0 Å². The molecule has 2 unspecified atom stereocenters. The number of nitrogens with zero attached hydrogens (tertiary/aromatic N) is 2. The van der Waals surface area contributed by atoms with Crippen LogP contribution in [0.25, 0.3) is 0 Å². The Morgan fingerprint density at radius 3 is 2.95 bits per heavy atom. The highest BCUT2D eigenvalue weighted by molar-refractivity contribution is 5.63. The Labute approximate surface area is 126 Å². The molecule has 116 valence electrons. The Morgan fingerprint density at radius 1 is 1.52 bits per heavy atom. The predicted octanol–water partition coefficient (Wildman–Crippen LogP) is 3.44. The van der Waals surface area contributed by atoms with Crippen LogP contribution in [0, 0.1) is 23.0 Å². The first-order valence-corrected chi connectivity index (χ1v) is 7.75. The fourth-order valence-corrected chi connectivity index (χ4v) is 3.07. The van der Waals surface area contributed by atoms with Gasteiger partial charge in [-0.1, -0.05) is 13.0 Å². The Balaban J connectivity index is 2.10. The summed E-state index contributed by atoms with van der Waals surface area (Å²) in [6.45, 7) is 9.60. The van der Waals surface area contributed by atoms with Crippen LogP contribution in [0.15, 0.2) is 18.2 Å². The Bertz CT molecular complexity index is 504. The molecule has 0 aromatic heterocycles. The molecule has 0 radical (unpaired) electrons. The van der Waals surface area contributed by atoms with Gasteiger partial charge in [-0.05, 0) is 57.3 Å². The van der Waals surface area contributed by atoms with Crippen molar-refractivity contribution in [3.8, 4) is 0 Å². The minimum Gasteiger partial charge on any atom is -0.377 e. The van der Waals surface area contributed by atoms with E-state index in [2.05, 4.69) is 24.1 Å². The minimum absolute atomic E-state index is 0.163. The van der Waals surface area contributed by atoms with Gasteiger partial charge in [0.2, 0.25) is 0 Å². The molecule has 0 bridgehead atoms. The second-order valence-electron chi connectivity index (χ2n) is 6.01. The van der Waals surface area contributed by atoms with Crippen molar-refractivity contribution in [2.45, 2.75) is 39.7 Å². The second-order valence-corrected chi connectivity index (χ2v) is 6.01. The van der Waals surface area contributed by atoms with Crippen molar-refractivity contribution in [2.75, 3.05) is 25.0 Å². The van der Waals surface area contributed by atoms with E-state index in [1.54, 1.807) is 12.1 Å². The minimum atomic E-state index is -0.312. The first kappa shape index (κ1) is 15.8. The Morgan fingerprint density at radius 2 is 2.29 bits per heavy atom. The lowest BCUT2D eigenvalue weighted by atomic mass is 9.91. The van der Waals surface area contributed by atoms with Crippen molar-refractivity contribution < 1.29 is 4.92 Å². The van der Waals surface area contributed by atoms with Crippen LogP contribution in [0.3, 0.4) is 0 Å². The van der Waals surface area contributed by atoms with Crippen LogP contribution in [0.2, 0.25) is 0 Å². The molecular formula is C16H25N3O2. The number of likely N-dealkylation sites (tertiary alicyclic amines) is 1. The van der Waals surface area contributed by atoms with Crippen molar-refractivity contribution in [3.05, 3.63) is 33.9 Å². The van der Waals surface area contributed by atoms with Crippen molar-refractivity contribution in [1.82, 2.24) is 4.90 Å². The molecule has 1 heterocycles. The van der Waals surface area contributed by atoms with Gasteiger partial charge < -0.3 is 10.2 Å². The highest BCUT2D eigenvalue weighted by Gasteiger charge is 2.25. The van der Waals surface area contributed by atoms with E-state index in [1.165, 1.54) is 19.4 Å². The zero-order valence-corrected chi connectivity index (χ0v) is 13.1. The average molecular weight is 291 g/mol. The molecule has 5 heteroatoms. The third-order valence-corrected chi connectivity index (χ3v) is 4.43. The van der Waals surface area contributed by atoms with Gasteiger partial charge in [0.05, 0.1) is 4.92 Å². The molecule has 0 spiro atoms. The molecule has 1 saturated heterocycles. The van der Waals surface area contributed by atoms with Gasteiger partial charge in [-0.2, -0.15) is 0 Å². The van der Waals surface area contributed by atoms with Gasteiger partial charge in [-0.15, -0.1) is 0 Å². The van der Waals surface area contributed by atoms with E-state index in [4.69, 9.17) is 0 Å². The zero-order chi connectivity index (χ0) is 15.4. The third-order valence-electron chi connectivity index (χ3n) is 4.43. The molecule has 1 aromatic rings. The molecule has 0 aliphatic carbocycles. The maximum Gasteiger partial charge on any atom is 0.292 e. The average Bonchev–Trinajstić information content (AvgIpc) is 2.47. The molecule has 0 saturated carbocycles. The number of aryl methyl sites for hydroxylation is 1. The Kier molecular flexibility index (Phi) is 5.17. The summed E-state index contributed by atoms with van der Waals surface area (Å²) in [6.07, 6.45) is 2.39. The summed E-state index contributed by atoms with van der Waals surface area (Å²) in [5.41, 5.74) is 1.84. The van der Waals surface area contributed by atoms with Crippen LogP contribution in [0.5, 0.6) is 0 Å². The molecule has 1 aliphatic heterocycles. The number of hydrogen-bond acceptors (Lipinski definition) is 4. The van der Waals surface area contributed by atoms with E-state index in [0.29, 0.717) is 11.6 Å². The standard InChI is InChI=1S/C16H25N3O2/c1-4-18-9-5-6-14(11-18)13(3)17-15-10-12(2)7-8-16(15)19(20)21/h7-8,10,13-14,17H,4-6,9,11H2,1-3H3. The summed E-state index contributed by atoms with van der Waals surface area (Å²) in [4.78, 5) is 13.3. The number of nitro groups is 1. The zero-order valence-electron chi connectivity index (χ0n) is 13.1. The molecule has 0 amide bonds. The highest BCUT2D eigenvalue weighted by atomic mass is 16.6. The molecule has 1 aliphatic rings. The van der Waals surface area contributed by atoms with E-state index in [-0.39, 0.29) is 16.7 Å². The van der Waals surface area contributed by atoms with Gasteiger partial charge in [0.25, 0.3) is 5.69 Å². The molecule has 1 fully saturated rings. The summed E-state index contributed by atoms with van der Waals surface area (Å²) in [5.74, 6) is 0.541. The number of nitro benzene ring substituents is 1. The van der Waals surface area contributed by atoms with E-state index in [0.717, 1.165) is 18.7 Å². The van der Waals surface area contributed by atoms with Crippen LogP contribution < -0.4 is 5.32 Å². The normalized spacial score (nSPS) is 21.0. The summed E-state index contributed by atoms with van der Waals surface area (Å²) in [6, 6.07) is 5.48. The quantitative estimate of drug-likeness (QED) is 0.667. The monoisotopic (exact) mass is 291 g/mol. The molecule has 2 rings (SSSR count). The number of piperidine rings is 1. The van der Waals surface area contributed by atoms with Crippen LogP contribution >= 0.6 is 0 Å². The van der Waals surface area contributed by atoms with Crippen molar-refractivity contribution in [1.29, 1.82) is 0 Å². The fraction of sp³-hybridized carbons (Fsp3) is 0.625. The van der Waals surface area contributed by atoms with Gasteiger partial charge in [0.1, 0.15) is 5.69 Å². The molecule has 21 heavy (non-hydrogen) atoms. The number of anilines is 1. The molecule has 2 atom stereocenters. The third kappa shape index (κ3) is 3.94. The smallest absolute Gasteiger partial charge is 0.292 e. The van der Waals surface area contributed by atoms with Crippen LogP contribution in [-0.4, -0.2) is 35.5 Å². The number of benzene rings is 1. The van der Waals surface area contributed by atoms with Gasteiger partial charge in [0, 0.05) is 18.7 Å². The summed E-state index contributed by atoms with van der Waals surface area (Å²) in [7, 11) is 0. The van der Waals surface area contributed by atoms with Crippen LogP contribution in [0.1, 0.15) is 32.3 Å². The Hall–Kier alpha value is -1.62. The number of hydrogen-bond donors (Lipinski definition) is 1. The predicted molar refractivity (Wildman–Crippen MR) is 85.8 cm³/mol. The summed E-state index contributed by atoms with van der Waals surface area (Å²) >= 11 is 0. The van der Waals surface area contributed by atoms with Crippen molar-refractivity contribution >= 4 is 11.4 Å². The van der Waals surface area contributed by atoms with Crippen molar-refractivity contribution in [3.63, 3.8) is 0 Å². The largest absolute Gasteiger partial charge is 0.377 e. The van der Waals surface area contributed by atoms with E-state index in [1.807, 2.05) is 13.0 Å². The van der Waals surface area contributed by atoms with Gasteiger partial charge in [0.15, 0.2) is 0 Å². The molecular weight excluding hydrogens is 266 g/mol. The lowest BCUT2D eigenvalue weighted by Crippen LogP contribution is -2.41. The molecule has 1 N–H and O–H groups in total.